The number of hydrogen-bond acceptors (Lipinski definition) is 2. The molecule has 0 radical (unpaired) electrons. The van der Waals surface area contributed by atoms with Crippen LogP contribution < -0.4 is 5.32 Å². The largest absolute Gasteiger partial charge is 0.350 e. The van der Waals surface area contributed by atoms with Crippen molar-refractivity contribution in [1.29, 1.82) is 0 Å². The highest BCUT2D eigenvalue weighted by molar-refractivity contribution is 7.62. The van der Waals surface area contributed by atoms with Crippen molar-refractivity contribution in [3.05, 3.63) is 34.9 Å². The molecule has 0 spiro atoms. The van der Waals surface area contributed by atoms with Crippen LogP contribution in [0.1, 0.15) is 24.9 Å². The van der Waals surface area contributed by atoms with E-state index in [0.717, 1.165) is 5.56 Å². The molecule has 0 aliphatic rings. The Kier molecular flexibility index (Phi) is 5.43. The molecule has 18 heavy (non-hydrogen) atoms. The van der Waals surface area contributed by atoms with Crippen LogP contribution in [-0.2, 0) is 9.36 Å². The standard InChI is InChI=1S/C13H19ClNO2P/c1-10(11-4-6-12(14)7-5-11)15-13(16)8-9-18(2,3)17/h4-7,10H,8-9H2,1-3H3,(H,15,16). The molecular weight excluding hydrogens is 269 g/mol. The highest BCUT2D eigenvalue weighted by atomic mass is 35.5. The molecule has 1 N–H and O–H groups in total. The lowest BCUT2D eigenvalue weighted by atomic mass is 10.1. The highest BCUT2D eigenvalue weighted by Crippen LogP contribution is 2.36. The average molecular weight is 288 g/mol. The van der Waals surface area contributed by atoms with E-state index in [9.17, 15) is 9.36 Å². The Hall–Kier alpha value is -0.790. The van der Waals surface area contributed by atoms with Gasteiger partial charge < -0.3 is 9.88 Å². The smallest absolute Gasteiger partial charge is 0.220 e. The third-order valence-corrected chi connectivity index (χ3v) is 4.18. The summed E-state index contributed by atoms with van der Waals surface area (Å²) in [6.45, 7) is 5.31. The first-order valence-electron chi connectivity index (χ1n) is 5.87. The fourth-order valence-electron chi connectivity index (χ4n) is 1.52. The van der Waals surface area contributed by atoms with E-state index < -0.39 is 7.14 Å². The summed E-state index contributed by atoms with van der Waals surface area (Å²) in [5, 5.41) is 3.56. The summed E-state index contributed by atoms with van der Waals surface area (Å²) in [5.74, 6) is -0.0682. The van der Waals surface area contributed by atoms with Crippen molar-refractivity contribution in [2.24, 2.45) is 0 Å². The second kappa shape index (κ2) is 6.40. The van der Waals surface area contributed by atoms with Crippen molar-refractivity contribution >= 4 is 24.7 Å². The zero-order chi connectivity index (χ0) is 13.8. The number of halogens is 1. The summed E-state index contributed by atoms with van der Waals surface area (Å²) in [4.78, 5) is 11.7. The molecular formula is C13H19ClNO2P. The van der Waals surface area contributed by atoms with Gasteiger partial charge in [0.1, 0.15) is 0 Å². The van der Waals surface area contributed by atoms with Gasteiger partial charge in [0, 0.05) is 17.6 Å². The normalized spacial score (nSPS) is 13.1. The molecule has 1 unspecified atom stereocenters. The summed E-state index contributed by atoms with van der Waals surface area (Å²) in [6.07, 6.45) is 0.758. The maximum Gasteiger partial charge on any atom is 0.220 e. The van der Waals surface area contributed by atoms with Gasteiger partial charge in [-0.3, -0.25) is 4.79 Å². The number of benzene rings is 1. The maximum atomic E-state index is 11.7. The molecule has 1 aromatic carbocycles. The molecule has 3 nitrogen and oxygen atoms in total. The fraction of sp³-hybridized carbons (Fsp3) is 0.462. The highest BCUT2D eigenvalue weighted by Gasteiger charge is 2.13. The van der Waals surface area contributed by atoms with Gasteiger partial charge in [-0.25, -0.2) is 0 Å². The Labute approximate surface area is 113 Å². The van der Waals surface area contributed by atoms with Crippen molar-refractivity contribution in [3.8, 4) is 0 Å². The quantitative estimate of drug-likeness (QED) is 0.842. The number of nitrogens with one attached hydrogen (secondary N) is 1. The Bertz CT molecular complexity index is 453. The van der Waals surface area contributed by atoms with Crippen LogP contribution in [0.5, 0.6) is 0 Å². The SMILES string of the molecule is CC(NC(=O)CCP(C)(C)=O)c1ccc(Cl)cc1. The molecule has 0 heterocycles. The minimum Gasteiger partial charge on any atom is -0.350 e. The lowest BCUT2D eigenvalue weighted by molar-refractivity contribution is -0.121. The molecule has 0 fully saturated rings. The molecule has 1 amide bonds. The Morgan fingerprint density at radius 3 is 2.39 bits per heavy atom. The van der Waals surface area contributed by atoms with E-state index in [1.807, 2.05) is 19.1 Å². The van der Waals surface area contributed by atoms with E-state index in [4.69, 9.17) is 11.6 Å². The van der Waals surface area contributed by atoms with Gasteiger partial charge in [-0.1, -0.05) is 23.7 Å². The molecule has 0 aliphatic carbocycles. The number of hydrogen-bond donors (Lipinski definition) is 1. The van der Waals surface area contributed by atoms with Crippen molar-refractivity contribution in [2.75, 3.05) is 19.5 Å². The van der Waals surface area contributed by atoms with Gasteiger partial charge in [-0.15, -0.1) is 0 Å². The van der Waals surface area contributed by atoms with Crippen LogP contribution in [0.3, 0.4) is 0 Å². The zero-order valence-electron chi connectivity index (χ0n) is 10.9. The fourth-order valence-corrected chi connectivity index (χ4v) is 2.39. The first kappa shape index (κ1) is 15.3. The van der Waals surface area contributed by atoms with E-state index in [0.29, 0.717) is 17.6 Å². The van der Waals surface area contributed by atoms with Crippen LogP contribution in [0, 0.1) is 0 Å². The molecule has 1 atom stereocenters. The van der Waals surface area contributed by atoms with Crippen molar-refractivity contribution < 1.29 is 9.36 Å². The topological polar surface area (TPSA) is 46.2 Å². The molecule has 0 aliphatic heterocycles. The average Bonchev–Trinajstić information content (AvgIpc) is 2.26. The third-order valence-electron chi connectivity index (χ3n) is 2.62. The van der Waals surface area contributed by atoms with Gasteiger partial charge in [-0.05, 0) is 37.9 Å². The van der Waals surface area contributed by atoms with E-state index in [1.54, 1.807) is 25.5 Å². The summed E-state index contributed by atoms with van der Waals surface area (Å²) in [6, 6.07) is 7.30. The van der Waals surface area contributed by atoms with Crippen molar-refractivity contribution in [3.63, 3.8) is 0 Å². The van der Waals surface area contributed by atoms with E-state index in [-0.39, 0.29) is 11.9 Å². The van der Waals surface area contributed by atoms with E-state index in [1.165, 1.54) is 0 Å². The van der Waals surface area contributed by atoms with Crippen LogP contribution in [0.25, 0.3) is 0 Å². The minimum absolute atomic E-state index is 0.0668. The second-order valence-corrected chi connectivity index (χ2v) is 8.92. The maximum absolute atomic E-state index is 11.7. The number of rotatable bonds is 5. The van der Waals surface area contributed by atoms with Gasteiger partial charge in [0.15, 0.2) is 0 Å². The summed E-state index contributed by atoms with van der Waals surface area (Å²) >= 11 is 5.80. The summed E-state index contributed by atoms with van der Waals surface area (Å²) in [5.41, 5.74) is 1.00. The van der Waals surface area contributed by atoms with E-state index in [2.05, 4.69) is 5.32 Å². The molecule has 5 heteroatoms. The van der Waals surface area contributed by atoms with Crippen LogP contribution in [0.15, 0.2) is 24.3 Å². The summed E-state index contributed by atoms with van der Waals surface area (Å²) < 4.78 is 11.5. The van der Waals surface area contributed by atoms with Crippen LogP contribution >= 0.6 is 18.7 Å². The molecule has 0 saturated heterocycles. The second-order valence-electron chi connectivity index (χ2n) is 4.89. The molecule has 0 bridgehead atoms. The Morgan fingerprint density at radius 2 is 1.89 bits per heavy atom. The van der Waals surface area contributed by atoms with Crippen molar-refractivity contribution in [1.82, 2.24) is 5.32 Å². The van der Waals surface area contributed by atoms with Crippen LogP contribution in [-0.4, -0.2) is 25.4 Å². The third kappa shape index (κ3) is 5.70. The molecule has 1 rings (SSSR count). The van der Waals surface area contributed by atoms with Crippen LogP contribution in [0.2, 0.25) is 5.02 Å². The van der Waals surface area contributed by atoms with Gasteiger partial charge in [-0.2, -0.15) is 0 Å². The number of carbonyl (C=O) groups excluding carboxylic acids is 1. The molecule has 0 aromatic heterocycles. The first-order chi connectivity index (χ1) is 8.28. The van der Waals surface area contributed by atoms with E-state index >= 15 is 0 Å². The Morgan fingerprint density at radius 1 is 1.33 bits per heavy atom. The zero-order valence-corrected chi connectivity index (χ0v) is 12.6. The first-order valence-corrected chi connectivity index (χ1v) is 9.03. The molecule has 0 saturated carbocycles. The lowest BCUT2D eigenvalue weighted by Gasteiger charge is -2.15. The van der Waals surface area contributed by atoms with Gasteiger partial charge in [0.25, 0.3) is 0 Å². The Balaban J connectivity index is 2.49. The van der Waals surface area contributed by atoms with Crippen LogP contribution in [0.4, 0.5) is 0 Å². The van der Waals surface area contributed by atoms with Gasteiger partial charge in [0.05, 0.1) is 13.2 Å². The summed E-state index contributed by atoms with van der Waals surface area (Å²) in [7, 11) is -2.12. The predicted molar refractivity (Wildman–Crippen MR) is 76.9 cm³/mol. The predicted octanol–water partition coefficient (Wildman–Crippen LogP) is 3.53. The van der Waals surface area contributed by atoms with Gasteiger partial charge >= 0.3 is 0 Å². The number of amides is 1. The minimum atomic E-state index is -2.12. The van der Waals surface area contributed by atoms with Crippen molar-refractivity contribution in [2.45, 2.75) is 19.4 Å². The lowest BCUT2D eigenvalue weighted by Crippen LogP contribution is -2.27. The van der Waals surface area contributed by atoms with Gasteiger partial charge in [0.2, 0.25) is 5.91 Å². The molecule has 1 aromatic rings. The monoisotopic (exact) mass is 287 g/mol. The molecule has 100 valence electrons. The number of carbonyl (C=O) groups is 1.